The molecule has 4 radical (unpaired) electrons. The van der Waals surface area contributed by atoms with Gasteiger partial charge >= 0.3 is 5.97 Å². The molecule has 0 bridgehead atoms. The maximum absolute atomic E-state index is 10.3. The van der Waals surface area contributed by atoms with Crippen LogP contribution in [0, 0.1) is 7.43 Å². The molecule has 0 saturated heterocycles. The third kappa shape index (κ3) is 19.8. The van der Waals surface area contributed by atoms with E-state index in [1.54, 1.807) is 0 Å². The van der Waals surface area contributed by atoms with Crippen LogP contribution in [0.2, 0.25) is 0 Å². The molecule has 1 N–H and O–H groups in total. The van der Waals surface area contributed by atoms with E-state index in [2.05, 4.69) is 6.92 Å². The summed E-state index contributed by atoms with van der Waals surface area (Å²) >= 11 is 0. The molecule has 0 spiro atoms. The fraction of sp³-hybridized carbons (Fsp3) is 0.889. The lowest BCUT2D eigenvalue weighted by Crippen LogP contribution is -1.93. The second kappa shape index (κ2) is 18.5. The molecule has 0 aliphatic carbocycles. The summed E-state index contributed by atoms with van der Waals surface area (Å²) in [6.45, 7) is 2.27. The molecule has 0 aromatic heterocycles. The van der Waals surface area contributed by atoms with E-state index in [1.807, 2.05) is 0 Å². The number of rotatable bonds is 15. The first-order valence-electron chi connectivity index (χ1n) is 8.49. The van der Waals surface area contributed by atoms with Crippen LogP contribution in [0.1, 0.15) is 103 Å². The zero-order valence-corrected chi connectivity index (χ0v) is 13.5. The Kier molecular flexibility index (Phi) is 20.1. The van der Waals surface area contributed by atoms with Gasteiger partial charge in [-0.3, -0.25) is 4.79 Å². The lowest BCUT2D eigenvalue weighted by molar-refractivity contribution is -0.137. The van der Waals surface area contributed by atoms with E-state index in [1.165, 1.54) is 77.0 Å². The summed E-state index contributed by atoms with van der Waals surface area (Å²) in [6.07, 6.45) is 18.7. The third-order valence-corrected chi connectivity index (χ3v) is 3.74. The molecule has 0 unspecified atom stereocenters. The summed E-state index contributed by atoms with van der Waals surface area (Å²) in [6, 6.07) is 0. The highest BCUT2D eigenvalue weighted by atomic mass is 16.4. The topological polar surface area (TPSA) is 37.3 Å². The Labute approximate surface area is 127 Å². The number of aliphatic carboxylic acids is 1. The van der Waals surface area contributed by atoms with Gasteiger partial charge in [-0.05, 0) is 6.42 Å². The first-order valence-corrected chi connectivity index (χ1v) is 8.49. The van der Waals surface area contributed by atoms with E-state index in [-0.39, 0.29) is 7.43 Å². The highest BCUT2D eigenvalue weighted by molar-refractivity contribution is 5.66. The van der Waals surface area contributed by atoms with Crippen LogP contribution in [0.3, 0.4) is 0 Å². The first-order chi connectivity index (χ1) is 9.27. The van der Waals surface area contributed by atoms with Gasteiger partial charge in [-0.25, -0.2) is 0 Å². The molecule has 20 heavy (non-hydrogen) atoms. The molecule has 0 fully saturated rings. The predicted octanol–water partition coefficient (Wildman–Crippen LogP) is 6.02. The lowest BCUT2D eigenvalue weighted by Gasteiger charge is -2.02. The van der Waals surface area contributed by atoms with Crippen LogP contribution in [0.4, 0.5) is 0 Å². The summed E-state index contributed by atoms with van der Waals surface area (Å²) in [5, 5.41) is 8.50. The van der Waals surface area contributed by atoms with Crippen molar-refractivity contribution in [1.29, 1.82) is 0 Å². The molecule has 0 aromatic rings. The summed E-state index contributed by atoms with van der Waals surface area (Å²) in [7, 11) is 0. The fourth-order valence-corrected chi connectivity index (χ4v) is 2.47. The summed E-state index contributed by atoms with van der Waals surface area (Å²) in [4.78, 5) is 10.3. The maximum atomic E-state index is 10.3. The second-order valence-electron chi connectivity index (χ2n) is 5.74. The van der Waals surface area contributed by atoms with Gasteiger partial charge in [0.1, 0.15) is 0 Å². The number of carboxylic acid groups (broad SMARTS) is 1. The van der Waals surface area contributed by atoms with Crippen molar-refractivity contribution in [1.82, 2.24) is 0 Å². The monoisotopic (exact) mass is 282 g/mol. The van der Waals surface area contributed by atoms with Crippen LogP contribution in [-0.2, 0) is 4.79 Å². The van der Waals surface area contributed by atoms with Crippen molar-refractivity contribution in [3.8, 4) is 0 Å². The van der Waals surface area contributed by atoms with Gasteiger partial charge in [-0.2, -0.15) is 0 Å². The van der Waals surface area contributed by atoms with E-state index >= 15 is 0 Å². The van der Waals surface area contributed by atoms with Gasteiger partial charge in [0.15, 0.2) is 0 Å². The summed E-state index contributed by atoms with van der Waals surface area (Å²) in [5.41, 5.74) is 0. The number of carboxylic acids is 1. The van der Waals surface area contributed by atoms with Gasteiger partial charge in [0.05, 0.1) is 0 Å². The molecule has 0 amide bonds. The van der Waals surface area contributed by atoms with E-state index in [0.29, 0.717) is 6.42 Å². The van der Waals surface area contributed by atoms with Crippen molar-refractivity contribution < 1.29 is 9.90 Å². The standard InChI is InChI=1S/C17H34O2.C/c1-2-3-4-5-6-7-8-9-10-11-12-13-14-15-16-17(18)19;/h2-16H2,1H3,(H,18,19);. The smallest absolute Gasteiger partial charge is 0.303 e. The van der Waals surface area contributed by atoms with Crippen LogP contribution in [0.25, 0.3) is 0 Å². The number of carbonyl (C=O) groups is 1. The van der Waals surface area contributed by atoms with Gasteiger partial charge in [0, 0.05) is 13.8 Å². The van der Waals surface area contributed by atoms with Crippen LogP contribution in [-0.4, -0.2) is 11.1 Å². The van der Waals surface area contributed by atoms with Crippen molar-refractivity contribution in [2.75, 3.05) is 0 Å². The van der Waals surface area contributed by atoms with Gasteiger partial charge in [-0.1, -0.05) is 90.4 Å². The molecule has 0 heterocycles. The molecule has 0 saturated carbocycles. The molecule has 2 heteroatoms. The van der Waals surface area contributed by atoms with Crippen molar-refractivity contribution in [2.45, 2.75) is 103 Å². The highest BCUT2D eigenvalue weighted by Crippen LogP contribution is 2.13. The minimum atomic E-state index is -0.654. The van der Waals surface area contributed by atoms with E-state index < -0.39 is 5.97 Å². The Bertz CT molecular complexity index is 190. The first kappa shape index (κ1) is 21.8. The highest BCUT2D eigenvalue weighted by Gasteiger charge is 1.96. The fourth-order valence-electron chi connectivity index (χ4n) is 2.47. The molecule has 118 valence electrons. The van der Waals surface area contributed by atoms with Crippen LogP contribution in [0.15, 0.2) is 0 Å². The third-order valence-electron chi connectivity index (χ3n) is 3.74. The number of hydrogen-bond acceptors (Lipinski definition) is 1. The van der Waals surface area contributed by atoms with Crippen LogP contribution < -0.4 is 0 Å². The zero-order valence-electron chi connectivity index (χ0n) is 13.5. The molecular formula is C18H34O2. The average molecular weight is 282 g/mol. The average Bonchev–Trinajstić information content (AvgIpc) is 2.39. The Morgan fingerprint density at radius 1 is 0.650 bits per heavy atom. The predicted molar refractivity (Wildman–Crippen MR) is 85.8 cm³/mol. The Morgan fingerprint density at radius 2 is 0.950 bits per heavy atom. The summed E-state index contributed by atoms with van der Waals surface area (Å²) < 4.78 is 0. The quantitative estimate of drug-likeness (QED) is 0.373. The molecule has 0 atom stereocenters. The largest absolute Gasteiger partial charge is 0.481 e. The van der Waals surface area contributed by atoms with E-state index in [9.17, 15) is 4.79 Å². The van der Waals surface area contributed by atoms with Crippen LogP contribution >= 0.6 is 0 Å². The van der Waals surface area contributed by atoms with Gasteiger partial charge < -0.3 is 5.11 Å². The lowest BCUT2D eigenvalue weighted by atomic mass is 10.0. The van der Waals surface area contributed by atoms with Crippen molar-refractivity contribution >= 4 is 5.97 Å². The minimum Gasteiger partial charge on any atom is -0.481 e. The van der Waals surface area contributed by atoms with Crippen molar-refractivity contribution in [3.63, 3.8) is 0 Å². The van der Waals surface area contributed by atoms with E-state index in [4.69, 9.17) is 5.11 Å². The SMILES string of the molecule is CCCCCCCCCCCCCCCCC(=O)O.[C]. The molecule has 0 aromatic carbocycles. The van der Waals surface area contributed by atoms with Gasteiger partial charge in [0.25, 0.3) is 0 Å². The molecular weight excluding hydrogens is 248 g/mol. The Hall–Kier alpha value is -0.530. The Balaban J connectivity index is 0. The normalized spacial score (nSPS) is 10.2. The van der Waals surface area contributed by atoms with E-state index in [0.717, 1.165) is 12.8 Å². The van der Waals surface area contributed by atoms with Gasteiger partial charge in [-0.15, -0.1) is 0 Å². The van der Waals surface area contributed by atoms with Gasteiger partial charge in [0.2, 0.25) is 0 Å². The van der Waals surface area contributed by atoms with Crippen molar-refractivity contribution in [3.05, 3.63) is 7.43 Å². The zero-order chi connectivity index (χ0) is 14.2. The van der Waals surface area contributed by atoms with Crippen LogP contribution in [0.5, 0.6) is 0 Å². The molecule has 0 rings (SSSR count). The van der Waals surface area contributed by atoms with Crippen molar-refractivity contribution in [2.24, 2.45) is 0 Å². The number of unbranched alkanes of at least 4 members (excludes halogenated alkanes) is 13. The number of hydrogen-bond donors (Lipinski definition) is 1. The molecule has 0 aliphatic heterocycles. The molecule has 2 nitrogen and oxygen atoms in total. The second-order valence-corrected chi connectivity index (χ2v) is 5.74. The minimum absolute atomic E-state index is 0. The molecule has 0 aliphatic rings. The maximum Gasteiger partial charge on any atom is 0.303 e. The summed E-state index contributed by atoms with van der Waals surface area (Å²) in [5.74, 6) is -0.654. The Morgan fingerprint density at radius 3 is 1.25 bits per heavy atom.